The van der Waals surface area contributed by atoms with Gasteiger partial charge in [0.2, 0.25) is 0 Å². The van der Waals surface area contributed by atoms with Crippen LogP contribution in [-0.4, -0.2) is 9.97 Å². The molecule has 0 unspecified atom stereocenters. The van der Waals surface area contributed by atoms with E-state index in [1.807, 2.05) is 13.8 Å². The highest BCUT2D eigenvalue weighted by molar-refractivity contribution is 5.15. The largest absolute Gasteiger partial charge is 0.326 e. The molecule has 1 heterocycles. The van der Waals surface area contributed by atoms with E-state index in [1.54, 1.807) is 0 Å². The Balaban J connectivity index is 3.13. The standard InChI is InChI=1S/C9H15N3O/c1-3-4-8-11-6(2)7(5-10)9(13)12-8/h3-5,10H2,1-2H3,(H,11,12,13). The van der Waals surface area contributed by atoms with Crippen LogP contribution in [0.5, 0.6) is 0 Å². The summed E-state index contributed by atoms with van der Waals surface area (Å²) in [4.78, 5) is 18.4. The van der Waals surface area contributed by atoms with Crippen molar-refractivity contribution in [1.82, 2.24) is 9.97 Å². The zero-order valence-corrected chi connectivity index (χ0v) is 8.05. The number of aromatic amines is 1. The minimum atomic E-state index is -0.0987. The number of hydrogen-bond donors (Lipinski definition) is 2. The Morgan fingerprint density at radius 2 is 2.23 bits per heavy atom. The first kappa shape index (κ1) is 9.92. The molecule has 0 saturated heterocycles. The molecule has 1 aromatic heterocycles. The smallest absolute Gasteiger partial charge is 0.255 e. The molecule has 0 atom stereocenters. The van der Waals surface area contributed by atoms with Gasteiger partial charge in [0.1, 0.15) is 5.82 Å². The number of nitrogens with one attached hydrogen (secondary N) is 1. The van der Waals surface area contributed by atoms with Crippen LogP contribution in [0.3, 0.4) is 0 Å². The van der Waals surface area contributed by atoms with Gasteiger partial charge < -0.3 is 10.7 Å². The van der Waals surface area contributed by atoms with Crippen LogP contribution >= 0.6 is 0 Å². The van der Waals surface area contributed by atoms with E-state index in [4.69, 9.17) is 5.73 Å². The van der Waals surface area contributed by atoms with Crippen LogP contribution in [0, 0.1) is 6.92 Å². The molecular weight excluding hydrogens is 166 g/mol. The van der Waals surface area contributed by atoms with Crippen molar-refractivity contribution < 1.29 is 0 Å². The molecular formula is C9H15N3O. The highest BCUT2D eigenvalue weighted by atomic mass is 16.1. The molecule has 0 fully saturated rings. The second kappa shape index (κ2) is 4.18. The molecule has 4 heteroatoms. The molecule has 0 aromatic carbocycles. The molecule has 0 aliphatic rings. The summed E-state index contributed by atoms with van der Waals surface area (Å²) in [5.41, 5.74) is 6.65. The third kappa shape index (κ3) is 2.15. The molecule has 0 aliphatic heterocycles. The molecule has 0 amide bonds. The van der Waals surface area contributed by atoms with Crippen LogP contribution in [0.1, 0.15) is 30.4 Å². The summed E-state index contributed by atoms with van der Waals surface area (Å²) < 4.78 is 0. The van der Waals surface area contributed by atoms with Crippen LogP contribution in [0.2, 0.25) is 0 Å². The van der Waals surface area contributed by atoms with Gasteiger partial charge in [-0.25, -0.2) is 4.98 Å². The molecule has 72 valence electrons. The summed E-state index contributed by atoms with van der Waals surface area (Å²) in [7, 11) is 0. The van der Waals surface area contributed by atoms with Crippen molar-refractivity contribution in [3.63, 3.8) is 0 Å². The average molecular weight is 181 g/mol. The minimum Gasteiger partial charge on any atom is -0.326 e. The SMILES string of the molecule is CCCc1nc(C)c(CN)c(=O)[nH]1. The molecule has 3 N–H and O–H groups in total. The number of nitrogens with zero attached hydrogens (tertiary/aromatic N) is 1. The van der Waals surface area contributed by atoms with E-state index in [9.17, 15) is 4.79 Å². The Morgan fingerprint density at radius 3 is 2.69 bits per heavy atom. The lowest BCUT2D eigenvalue weighted by Gasteiger charge is -2.03. The lowest BCUT2D eigenvalue weighted by molar-refractivity contribution is 0.797. The van der Waals surface area contributed by atoms with Gasteiger partial charge in [0.25, 0.3) is 5.56 Å². The maximum absolute atomic E-state index is 11.4. The number of rotatable bonds is 3. The van der Waals surface area contributed by atoms with Gasteiger partial charge in [-0.15, -0.1) is 0 Å². The van der Waals surface area contributed by atoms with E-state index in [-0.39, 0.29) is 12.1 Å². The number of H-pyrrole nitrogens is 1. The monoisotopic (exact) mass is 181 g/mol. The van der Waals surface area contributed by atoms with Crippen LogP contribution in [0.15, 0.2) is 4.79 Å². The van der Waals surface area contributed by atoms with Crippen molar-refractivity contribution in [2.75, 3.05) is 0 Å². The molecule has 1 aromatic rings. The summed E-state index contributed by atoms with van der Waals surface area (Å²) in [6, 6.07) is 0. The highest BCUT2D eigenvalue weighted by Gasteiger charge is 2.04. The summed E-state index contributed by atoms with van der Waals surface area (Å²) in [5.74, 6) is 0.752. The van der Waals surface area contributed by atoms with Gasteiger partial charge in [0.15, 0.2) is 0 Å². The Morgan fingerprint density at radius 1 is 1.54 bits per heavy atom. The zero-order valence-electron chi connectivity index (χ0n) is 8.05. The Kier molecular flexibility index (Phi) is 3.19. The van der Waals surface area contributed by atoms with Crippen molar-refractivity contribution >= 4 is 0 Å². The van der Waals surface area contributed by atoms with Crippen molar-refractivity contribution in [3.8, 4) is 0 Å². The first-order valence-corrected chi connectivity index (χ1v) is 4.47. The predicted octanol–water partition coefficient (Wildman–Crippen LogP) is 0.490. The average Bonchev–Trinajstić information content (AvgIpc) is 2.04. The van der Waals surface area contributed by atoms with Crippen molar-refractivity contribution in [2.24, 2.45) is 5.73 Å². The maximum Gasteiger partial charge on any atom is 0.255 e. The van der Waals surface area contributed by atoms with Gasteiger partial charge in [0, 0.05) is 18.7 Å². The molecule has 1 rings (SSSR count). The van der Waals surface area contributed by atoms with Crippen molar-refractivity contribution in [1.29, 1.82) is 0 Å². The third-order valence-electron chi connectivity index (χ3n) is 1.96. The van der Waals surface area contributed by atoms with Gasteiger partial charge in [-0.05, 0) is 13.3 Å². The first-order chi connectivity index (χ1) is 6.19. The van der Waals surface area contributed by atoms with E-state index in [2.05, 4.69) is 9.97 Å². The van der Waals surface area contributed by atoms with E-state index in [0.29, 0.717) is 5.56 Å². The third-order valence-corrected chi connectivity index (χ3v) is 1.96. The lowest BCUT2D eigenvalue weighted by atomic mass is 10.2. The molecule has 13 heavy (non-hydrogen) atoms. The fourth-order valence-corrected chi connectivity index (χ4v) is 1.26. The molecule has 0 aliphatic carbocycles. The van der Waals surface area contributed by atoms with Gasteiger partial charge >= 0.3 is 0 Å². The first-order valence-electron chi connectivity index (χ1n) is 4.47. The minimum absolute atomic E-state index is 0.0987. The fraction of sp³-hybridized carbons (Fsp3) is 0.556. The van der Waals surface area contributed by atoms with Gasteiger partial charge in [-0.3, -0.25) is 4.79 Å². The van der Waals surface area contributed by atoms with Crippen LogP contribution < -0.4 is 11.3 Å². The van der Waals surface area contributed by atoms with E-state index in [1.165, 1.54) is 0 Å². The summed E-state index contributed by atoms with van der Waals surface area (Å²) in [5, 5.41) is 0. The summed E-state index contributed by atoms with van der Waals surface area (Å²) in [6.07, 6.45) is 1.78. The van der Waals surface area contributed by atoms with E-state index in [0.717, 1.165) is 24.4 Å². The maximum atomic E-state index is 11.4. The number of hydrogen-bond acceptors (Lipinski definition) is 3. The zero-order chi connectivity index (χ0) is 9.84. The molecule has 0 saturated carbocycles. The normalized spacial score (nSPS) is 10.4. The number of aryl methyl sites for hydroxylation is 2. The quantitative estimate of drug-likeness (QED) is 0.712. The Bertz CT molecular complexity index is 343. The summed E-state index contributed by atoms with van der Waals surface area (Å²) >= 11 is 0. The van der Waals surface area contributed by atoms with Crippen LogP contribution in [0.25, 0.3) is 0 Å². The lowest BCUT2D eigenvalue weighted by Crippen LogP contribution is -2.21. The molecule has 0 bridgehead atoms. The number of aromatic nitrogens is 2. The summed E-state index contributed by atoms with van der Waals surface area (Å²) in [6.45, 7) is 4.11. The predicted molar refractivity (Wildman–Crippen MR) is 51.5 cm³/mol. The highest BCUT2D eigenvalue weighted by Crippen LogP contribution is 1.99. The Hall–Kier alpha value is -1.16. The second-order valence-corrected chi connectivity index (χ2v) is 3.03. The van der Waals surface area contributed by atoms with E-state index < -0.39 is 0 Å². The van der Waals surface area contributed by atoms with Crippen LogP contribution in [-0.2, 0) is 13.0 Å². The Labute approximate surface area is 77.2 Å². The fourth-order valence-electron chi connectivity index (χ4n) is 1.26. The topological polar surface area (TPSA) is 71.8 Å². The molecule has 0 spiro atoms. The van der Waals surface area contributed by atoms with E-state index >= 15 is 0 Å². The molecule has 4 nitrogen and oxygen atoms in total. The second-order valence-electron chi connectivity index (χ2n) is 3.03. The van der Waals surface area contributed by atoms with Gasteiger partial charge in [0.05, 0.1) is 5.56 Å². The van der Waals surface area contributed by atoms with Gasteiger partial charge in [-0.1, -0.05) is 6.92 Å². The molecule has 0 radical (unpaired) electrons. The van der Waals surface area contributed by atoms with Crippen LogP contribution in [0.4, 0.5) is 0 Å². The van der Waals surface area contributed by atoms with Crippen molar-refractivity contribution in [3.05, 3.63) is 27.4 Å². The van der Waals surface area contributed by atoms with Gasteiger partial charge in [-0.2, -0.15) is 0 Å². The number of nitrogens with two attached hydrogens (primary N) is 1. The van der Waals surface area contributed by atoms with Crippen molar-refractivity contribution in [2.45, 2.75) is 33.2 Å².